The van der Waals surface area contributed by atoms with E-state index in [-0.39, 0.29) is 29.3 Å². The van der Waals surface area contributed by atoms with E-state index in [4.69, 9.17) is 13.7 Å². The standard InChI is InChI=1S/C21H18N4O6S/c1-12-8-17(24-31-12)23-18(26)11-32-21-22-16-9-13(20(28)29-2)5-6-15(16)19(27)25(21)10-14-4-3-7-30-14/h3-9H,10-11H2,1-2H3,(H,23,24,26). The van der Waals surface area contributed by atoms with Gasteiger partial charge in [0.05, 0.1) is 42.1 Å². The Morgan fingerprint density at radius 1 is 1.25 bits per heavy atom. The molecule has 4 aromatic rings. The number of fused-ring (bicyclic) bond motifs is 1. The number of carbonyl (C=O) groups excluding carboxylic acids is 2. The number of methoxy groups -OCH3 is 1. The highest BCUT2D eigenvalue weighted by Crippen LogP contribution is 2.21. The molecule has 0 radical (unpaired) electrons. The number of thioether (sulfide) groups is 1. The Morgan fingerprint density at radius 3 is 2.78 bits per heavy atom. The molecule has 0 saturated heterocycles. The molecule has 0 atom stereocenters. The third kappa shape index (κ3) is 4.57. The molecule has 0 saturated carbocycles. The fraction of sp³-hybridized carbons (Fsp3) is 0.190. The Kier molecular flexibility index (Phi) is 6.08. The molecular formula is C21H18N4O6S. The number of aryl methyl sites for hydroxylation is 1. The highest BCUT2D eigenvalue weighted by atomic mass is 32.2. The lowest BCUT2D eigenvalue weighted by Crippen LogP contribution is -2.25. The molecule has 0 unspecified atom stereocenters. The zero-order chi connectivity index (χ0) is 22.7. The number of hydrogen-bond donors (Lipinski definition) is 1. The van der Waals surface area contributed by atoms with E-state index in [2.05, 4.69) is 15.5 Å². The molecule has 0 aliphatic rings. The van der Waals surface area contributed by atoms with Crippen molar-refractivity contribution in [3.05, 3.63) is 70.1 Å². The van der Waals surface area contributed by atoms with Crippen LogP contribution in [0.1, 0.15) is 21.9 Å². The topological polar surface area (TPSA) is 129 Å². The molecule has 0 aliphatic heterocycles. The molecule has 0 aliphatic carbocycles. The molecule has 0 bridgehead atoms. The largest absolute Gasteiger partial charge is 0.467 e. The maximum atomic E-state index is 13.2. The van der Waals surface area contributed by atoms with Gasteiger partial charge in [-0.2, -0.15) is 0 Å². The van der Waals surface area contributed by atoms with Gasteiger partial charge >= 0.3 is 5.97 Å². The van der Waals surface area contributed by atoms with Gasteiger partial charge in [-0.25, -0.2) is 9.78 Å². The first-order valence-corrected chi connectivity index (χ1v) is 10.4. The molecule has 0 spiro atoms. The normalized spacial score (nSPS) is 10.9. The van der Waals surface area contributed by atoms with Crippen LogP contribution >= 0.6 is 11.8 Å². The van der Waals surface area contributed by atoms with Crippen molar-refractivity contribution in [1.29, 1.82) is 0 Å². The smallest absolute Gasteiger partial charge is 0.337 e. The maximum Gasteiger partial charge on any atom is 0.337 e. The zero-order valence-corrected chi connectivity index (χ0v) is 18.0. The minimum atomic E-state index is -0.537. The number of esters is 1. The predicted molar refractivity (Wildman–Crippen MR) is 116 cm³/mol. The van der Waals surface area contributed by atoms with Gasteiger partial charge in [0.1, 0.15) is 11.5 Å². The molecule has 3 aromatic heterocycles. The molecule has 3 heterocycles. The van der Waals surface area contributed by atoms with Crippen molar-refractivity contribution < 1.29 is 23.3 Å². The Labute approximate surface area is 185 Å². The summed E-state index contributed by atoms with van der Waals surface area (Å²) in [4.78, 5) is 42.0. The number of ether oxygens (including phenoxy) is 1. The quantitative estimate of drug-likeness (QED) is 0.254. The second kappa shape index (κ2) is 9.10. The van der Waals surface area contributed by atoms with E-state index in [0.717, 1.165) is 11.8 Å². The number of carbonyl (C=O) groups is 2. The van der Waals surface area contributed by atoms with Crippen molar-refractivity contribution in [3.63, 3.8) is 0 Å². The second-order valence-corrected chi connectivity index (χ2v) is 7.69. The summed E-state index contributed by atoms with van der Waals surface area (Å²) < 4.78 is 16.5. The van der Waals surface area contributed by atoms with E-state index in [1.54, 1.807) is 25.1 Å². The highest BCUT2D eigenvalue weighted by molar-refractivity contribution is 7.99. The Balaban J connectivity index is 1.67. The summed E-state index contributed by atoms with van der Waals surface area (Å²) in [7, 11) is 1.28. The number of furan rings is 1. The van der Waals surface area contributed by atoms with Gasteiger partial charge < -0.3 is 19.0 Å². The van der Waals surface area contributed by atoms with Crippen LogP contribution in [0, 0.1) is 6.92 Å². The van der Waals surface area contributed by atoms with Crippen LogP contribution in [0.3, 0.4) is 0 Å². The van der Waals surface area contributed by atoms with Gasteiger partial charge in [0.2, 0.25) is 5.91 Å². The van der Waals surface area contributed by atoms with Gasteiger partial charge in [-0.1, -0.05) is 16.9 Å². The van der Waals surface area contributed by atoms with Gasteiger partial charge in [-0.15, -0.1) is 0 Å². The number of aromatic nitrogens is 3. The van der Waals surface area contributed by atoms with E-state index < -0.39 is 5.97 Å². The van der Waals surface area contributed by atoms with Crippen LogP contribution in [0.5, 0.6) is 0 Å². The van der Waals surface area contributed by atoms with Crippen LogP contribution in [0.15, 0.2) is 61.6 Å². The van der Waals surface area contributed by atoms with Crippen molar-refractivity contribution in [2.45, 2.75) is 18.6 Å². The average Bonchev–Trinajstić information content (AvgIpc) is 3.45. The molecule has 32 heavy (non-hydrogen) atoms. The fourth-order valence-corrected chi connectivity index (χ4v) is 3.79. The third-order valence-corrected chi connectivity index (χ3v) is 5.44. The van der Waals surface area contributed by atoms with Gasteiger partial charge in [0, 0.05) is 6.07 Å². The monoisotopic (exact) mass is 454 g/mol. The van der Waals surface area contributed by atoms with Crippen molar-refractivity contribution in [2.24, 2.45) is 0 Å². The second-order valence-electron chi connectivity index (χ2n) is 6.75. The van der Waals surface area contributed by atoms with Crippen LogP contribution < -0.4 is 10.9 Å². The van der Waals surface area contributed by atoms with Gasteiger partial charge in [-0.05, 0) is 37.3 Å². The van der Waals surface area contributed by atoms with Gasteiger partial charge in [0.25, 0.3) is 5.56 Å². The fourth-order valence-electron chi connectivity index (χ4n) is 2.99. The number of benzene rings is 1. The third-order valence-electron chi connectivity index (χ3n) is 4.46. The van der Waals surface area contributed by atoms with Crippen molar-refractivity contribution >= 4 is 40.4 Å². The van der Waals surface area contributed by atoms with Crippen molar-refractivity contribution in [2.75, 3.05) is 18.2 Å². The lowest BCUT2D eigenvalue weighted by molar-refractivity contribution is -0.113. The first-order valence-electron chi connectivity index (χ1n) is 9.46. The van der Waals surface area contributed by atoms with E-state index in [0.29, 0.717) is 33.4 Å². The van der Waals surface area contributed by atoms with Crippen LogP contribution in [-0.4, -0.2) is 39.4 Å². The number of anilines is 1. The predicted octanol–water partition coefficient (Wildman–Crippen LogP) is 2.85. The molecular weight excluding hydrogens is 436 g/mol. The van der Waals surface area contributed by atoms with Crippen molar-refractivity contribution in [1.82, 2.24) is 14.7 Å². The number of rotatable bonds is 7. The average molecular weight is 454 g/mol. The zero-order valence-electron chi connectivity index (χ0n) is 17.2. The summed E-state index contributed by atoms with van der Waals surface area (Å²) in [6, 6.07) is 9.58. The van der Waals surface area contributed by atoms with Gasteiger partial charge in [-0.3, -0.25) is 14.2 Å². The van der Waals surface area contributed by atoms with E-state index in [1.807, 2.05) is 0 Å². The number of nitrogens with zero attached hydrogens (tertiary/aromatic N) is 3. The Bertz CT molecular complexity index is 1340. The molecule has 1 amide bonds. The number of amides is 1. The van der Waals surface area contributed by atoms with Crippen LogP contribution in [0.25, 0.3) is 10.9 Å². The highest BCUT2D eigenvalue weighted by Gasteiger charge is 2.17. The summed E-state index contributed by atoms with van der Waals surface area (Å²) in [5.41, 5.74) is 0.271. The lowest BCUT2D eigenvalue weighted by Gasteiger charge is -2.12. The Morgan fingerprint density at radius 2 is 2.09 bits per heavy atom. The summed E-state index contributed by atoms with van der Waals surface area (Å²) in [5, 5.41) is 6.97. The molecule has 0 fully saturated rings. The first kappa shape index (κ1) is 21.4. The number of nitrogens with one attached hydrogen (secondary N) is 1. The Hall–Kier alpha value is -3.86. The van der Waals surface area contributed by atoms with E-state index in [9.17, 15) is 14.4 Å². The van der Waals surface area contributed by atoms with E-state index in [1.165, 1.54) is 36.1 Å². The lowest BCUT2D eigenvalue weighted by atomic mass is 10.1. The molecule has 11 heteroatoms. The summed E-state index contributed by atoms with van der Waals surface area (Å²) >= 11 is 1.08. The first-order chi connectivity index (χ1) is 15.4. The molecule has 164 valence electrons. The molecule has 1 aromatic carbocycles. The molecule has 4 rings (SSSR count). The summed E-state index contributed by atoms with van der Waals surface area (Å²) in [6.07, 6.45) is 1.51. The van der Waals surface area contributed by atoms with Crippen LogP contribution in [0.2, 0.25) is 0 Å². The molecule has 10 nitrogen and oxygen atoms in total. The summed E-state index contributed by atoms with van der Waals surface area (Å²) in [6.45, 7) is 1.85. The SMILES string of the molecule is COC(=O)c1ccc2c(=O)n(Cc3ccco3)c(SCC(=O)Nc3cc(C)on3)nc2c1. The van der Waals surface area contributed by atoms with Crippen molar-refractivity contribution in [3.8, 4) is 0 Å². The van der Waals surface area contributed by atoms with Crippen LogP contribution in [0.4, 0.5) is 5.82 Å². The number of hydrogen-bond acceptors (Lipinski definition) is 9. The molecule has 1 N–H and O–H groups in total. The minimum Gasteiger partial charge on any atom is -0.467 e. The maximum absolute atomic E-state index is 13.2. The summed E-state index contributed by atoms with van der Waals surface area (Å²) in [5.74, 6) is 0.519. The van der Waals surface area contributed by atoms with Gasteiger partial charge in [0.15, 0.2) is 11.0 Å². The minimum absolute atomic E-state index is 0.0291. The van der Waals surface area contributed by atoms with E-state index >= 15 is 0 Å². The van der Waals surface area contributed by atoms with Crippen LogP contribution in [-0.2, 0) is 16.1 Å².